The maximum atomic E-state index is 11.1. The van der Waals surface area contributed by atoms with E-state index in [-0.39, 0.29) is 6.42 Å². The SMILES string of the molecule is CCCCC(=O)ON(C)[C@@H](CO)C(=O)O. The van der Waals surface area contributed by atoms with Crippen molar-refractivity contribution in [1.82, 2.24) is 5.06 Å². The van der Waals surface area contributed by atoms with E-state index in [2.05, 4.69) is 0 Å². The Hall–Kier alpha value is -1.14. The molecule has 0 aliphatic heterocycles. The van der Waals surface area contributed by atoms with Gasteiger partial charge in [0.05, 0.1) is 6.61 Å². The highest BCUT2D eigenvalue weighted by molar-refractivity contribution is 5.74. The maximum Gasteiger partial charge on any atom is 0.326 e. The van der Waals surface area contributed by atoms with E-state index in [1.807, 2.05) is 6.92 Å². The molecule has 0 saturated carbocycles. The van der Waals surface area contributed by atoms with E-state index in [1.54, 1.807) is 0 Å². The molecule has 0 radical (unpaired) electrons. The van der Waals surface area contributed by atoms with Gasteiger partial charge in [0.25, 0.3) is 0 Å². The van der Waals surface area contributed by atoms with Crippen molar-refractivity contribution >= 4 is 11.9 Å². The van der Waals surface area contributed by atoms with Crippen molar-refractivity contribution in [3.8, 4) is 0 Å². The van der Waals surface area contributed by atoms with Crippen molar-refractivity contribution in [3.63, 3.8) is 0 Å². The van der Waals surface area contributed by atoms with Gasteiger partial charge in [-0.2, -0.15) is 0 Å². The van der Waals surface area contributed by atoms with Crippen molar-refractivity contribution < 1.29 is 24.6 Å². The molecule has 6 heteroatoms. The predicted octanol–water partition coefficient (Wildman–Crippen LogP) is 0.0121. The number of hydroxylamine groups is 2. The predicted molar refractivity (Wildman–Crippen MR) is 51.9 cm³/mol. The van der Waals surface area contributed by atoms with Crippen LogP contribution in [0.3, 0.4) is 0 Å². The number of carboxylic acids is 1. The van der Waals surface area contributed by atoms with Gasteiger partial charge in [-0.3, -0.25) is 9.59 Å². The number of likely N-dealkylation sites (N-methyl/N-ethyl adjacent to an activating group) is 1. The summed E-state index contributed by atoms with van der Waals surface area (Å²) in [5.74, 6) is -1.72. The molecular formula is C9H17NO5. The molecule has 0 aromatic rings. The summed E-state index contributed by atoms with van der Waals surface area (Å²) in [4.78, 5) is 26.4. The average Bonchev–Trinajstić information content (AvgIpc) is 2.15. The van der Waals surface area contributed by atoms with Gasteiger partial charge in [0.15, 0.2) is 6.04 Å². The minimum Gasteiger partial charge on any atom is -0.480 e. The molecule has 0 aliphatic rings. The molecular weight excluding hydrogens is 202 g/mol. The Labute approximate surface area is 88.4 Å². The number of nitrogens with zero attached hydrogens (tertiary/aromatic N) is 1. The number of hydrogen-bond donors (Lipinski definition) is 2. The summed E-state index contributed by atoms with van der Waals surface area (Å²) in [6.45, 7) is 1.33. The fourth-order valence-corrected chi connectivity index (χ4v) is 0.940. The van der Waals surface area contributed by atoms with Crippen LogP contribution in [0.5, 0.6) is 0 Å². The van der Waals surface area contributed by atoms with Crippen molar-refractivity contribution in [3.05, 3.63) is 0 Å². The molecule has 0 aromatic heterocycles. The third-order valence-corrected chi connectivity index (χ3v) is 1.88. The minimum atomic E-state index is -1.23. The van der Waals surface area contributed by atoms with Crippen LogP contribution in [0, 0.1) is 0 Å². The molecule has 0 unspecified atom stereocenters. The second-order valence-electron chi connectivity index (χ2n) is 3.15. The number of aliphatic hydroxyl groups excluding tert-OH is 1. The molecule has 1 atom stereocenters. The second kappa shape index (κ2) is 7.19. The highest BCUT2D eigenvalue weighted by Crippen LogP contribution is 2.02. The minimum absolute atomic E-state index is 0.249. The number of unbranched alkanes of at least 4 members (excludes halogenated alkanes) is 1. The molecule has 15 heavy (non-hydrogen) atoms. The molecule has 88 valence electrons. The zero-order valence-corrected chi connectivity index (χ0v) is 8.97. The molecule has 0 rings (SSSR count). The van der Waals surface area contributed by atoms with E-state index < -0.39 is 24.6 Å². The van der Waals surface area contributed by atoms with Crippen LogP contribution in [0.2, 0.25) is 0 Å². The Balaban J connectivity index is 4.04. The van der Waals surface area contributed by atoms with Crippen LogP contribution < -0.4 is 0 Å². The Kier molecular flexibility index (Phi) is 6.64. The van der Waals surface area contributed by atoms with Crippen molar-refractivity contribution in [2.24, 2.45) is 0 Å². The number of carboxylic acid groups (broad SMARTS) is 1. The summed E-state index contributed by atoms with van der Waals surface area (Å²) in [5, 5.41) is 18.2. The van der Waals surface area contributed by atoms with Crippen LogP contribution in [0.15, 0.2) is 0 Å². The van der Waals surface area contributed by atoms with Crippen molar-refractivity contribution in [1.29, 1.82) is 0 Å². The highest BCUT2D eigenvalue weighted by Gasteiger charge is 2.24. The summed E-state index contributed by atoms with van der Waals surface area (Å²) in [5.41, 5.74) is 0. The molecule has 0 spiro atoms. The zero-order chi connectivity index (χ0) is 11.8. The number of rotatable bonds is 7. The normalized spacial score (nSPS) is 12.5. The lowest BCUT2D eigenvalue weighted by atomic mass is 10.2. The van der Waals surface area contributed by atoms with E-state index in [0.29, 0.717) is 6.42 Å². The first-order valence-corrected chi connectivity index (χ1v) is 4.80. The number of carbonyl (C=O) groups is 2. The maximum absolute atomic E-state index is 11.1. The van der Waals surface area contributed by atoms with Crippen LogP contribution in [-0.4, -0.2) is 46.9 Å². The summed E-state index contributed by atoms with van der Waals surface area (Å²) >= 11 is 0. The van der Waals surface area contributed by atoms with Gasteiger partial charge >= 0.3 is 11.9 Å². The Morgan fingerprint density at radius 1 is 1.47 bits per heavy atom. The third kappa shape index (κ3) is 5.34. The van der Waals surface area contributed by atoms with E-state index >= 15 is 0 Å². The summed E-state index contributed by atoms with van der Waals surface area (Å²) in [6, 6.07) is -1.21. The first-order valence-electron chi connectivity index (χ1n) is 4.80. The quantitative estimate of drug-likeness (QED) is 0.587. The van der Waals surface area contributed by atoms with Crippen LogP contribution in [0.1, 0.15) is 26.2 Å². The lowest BCUT2D eigenvalue weighted by Crippen LogP contribution is -2.42. The lowest BCUT2D eigenvalue weighted by Gasteiger charge is -2.21. The van der Waals surface area contributed by atoms with E-state index in [0.717, 1.165) is 11.5 Å². The van der Waals surface area contributed by atoms with Crippen LogP contribution >= 0.6 is 0 Å². The smallest absolute Gasteiger partial charge is 0.326 e. The number of hydrogen-bond acceptors (Lipinski definition) is 5. The van der Waals surface area contributed by atoms with Gasteiger partial charge in [-0.05, 0) is 6.42 Å². The largest absolute Gasteiger partial charge is 0.480 e. The average molecular weight is 219 g/mol. The van der Waals surface area contributed by atoms with Gasteiger partial charge in [-0.25, -0.2) is 0 Å². The van der Waals surface area contributed by atoms with Crippen molar-refractivity contribution in [2.45, 2.75) is 32.2 Å². The summed E-state index contributed by atoms with van der Waals surface area (Å²) in [6.07, 6.45) is 1.81. The first-order chi connectivity index (χ1) is 7.02. The molecule has 6 nitrogen and oxygen atoms in total. The summed E-state index contributed by atoms with van der Waals surface area (Å²) < 4.78 is 0. The van der Waals surface area contributed by atoms with Gasteiger partial charge in [-0.1, -0.05) is 13.3 Å². The topological polar surface area (TPSA) is 87.1 Å². The van der Waals surface area contributed by atoms with Crippen LogP contribution in [0.4, 0.5) is 0 Å². The van der Waals surface area contributed by atoms with E-state index in [9.17, 15) is 9.59 Å². The fourth-order valence-electron chi connectivity index (χ4n) is 0.940. The first kappa shape index (κ1) is 13.9. The monoisotopic (exact) mass is 219 g/mol. The van der Waals surface area contributed by atoms with Gasteiger partial charge in [0.2, 0.25) is 0 Å². The molecule has 0 saturated heterocycles. The standard InChI is InChI=1S/C9H17NO5/c1-3-4-5-8(12)15-10(2)7(6-11)9(13)14/h7,11H,3-6H2,1-2H3,(H,13,14)/t7-/m0/s1. The third-order valence-electron chi connectivity index (χ3n) is 1.88. The highest BCUT2D eigenvalue weighted by atomic mass is 16.7. The molecule has 0 aliphatic carbocycles. The zero-order valence-electron chi connectivity index (χ0n) is 8.97. The van der Waals surface area contributed by atoms with Crippen LogP contribution in [-0.2, 0) is 14.4 Å². The molecule has 0 heterocycles. The Morgan fingerprint density at radius 3 is 2.47 bits per heavy atom. The molecule has 0 bridgehead atoms. The number of carbonyl (C=O) groups excluding carboxylic acids is 1. The molecule has 0 amide bonds. The molecule has 0 aromatic carbocycles. The number of aliphatic hydroxyl groups is 1. The Morgan fingerprint density at radius 2 is 2.07 bits per heavy atom. The summed E-state index contributed by atoms with van der Waals surface area (Å²) in [7, 11) is 1.30. The fraction of sp³-hybridized carbons (Fsp3) is 0.778. The van der Waals surface area contributed by atoms with E-state index in [4.69, 9.17) is 15.1 Å². The second-order valence-corrected chi connectivity index (χ2v) is 3.15. The van der Waals surface area contributed by atoms with Gasteiger partial charge in [0, 0.05) is 13.5 Å². The van der Waals surface area contributed by atoms with Crippen molar-refractivity contribution in [2.75, 3.05) is 13.7 Å². The van der Waals surface area contributed by atoms with Gasteiger partial charge in [-0.15, -0.1) is 5.06 Å². The molecule has 0 fully saturated rings. The Bertz CT molecular complexity index is 219. The lowest BCUT2D eigenvalue weighted by molar-refractivity contribution is -0.202. The molecule has 2 N–H and O–H groups in total. The van der Waals surface area contributed by atoms with Gasteiger partial charge in [0.1, 0.15) is 0 Å². The van der Waals surface area contributed by atoms with Crippen LogP contribution in [0.25, 0.3) is 0 Å². The van der Waals surface area contributed by atoms with E-state index in [1.165, 1.54) is 7.05 Å². The van der Waals surface area contributed by atoms with Gasteiger partial charge < -0.3 is 15.1 Å². The number of aliphatic carboxylic acids is 1.